The number of amides is 1. The Morgan fingerprint density at radius 1 is 0.800 bits per heavy atom. The molecule has 0 aliphatic rings. The van der Waals surface area contributed by atoms with Crippen LogP contribution in [-0.4, -0.2) is 5.91 Å². The molecule has 0 saturated carbocycles. The number of hydrogen-bond acceptors (Lipinski definition) is 2. The summed E-state index contributed by atoms with van der Waals surface area (Å²) >= 11 is 1.33. The van der Waals surface area contributed by atoms with Crippen molar-refractivity contribution in [1.82, 2.24) is 4.72 Å². The molecule has 0 atom stereocenters. The Balaban J connectivity index is 1.75. The van der Waals surface area contributed by atoms with E-state index in [0.717, 1.165) is 15.7 Å². The van der Waals surface area contributed by atoms with E-state index < -0.39 is 0 Å². The Kier molecular flexibility index (Phi) is 3.70. The molecule has 0 radical (unpaired) electrons. The van der Waals surface area contributed by atoms with Crippen molar-refractivity contribution in [3.8, 4) is 0 Å². The third kappa shape index (κ3) is 2.83. The lowest BCUT2D eigenvalue weighted by Gasteiger charge is -2.05. The zero-order valence-electron chi connectivity index (χ0n) is 10.7. The van der Waals surface area contributed by atoms with Gasteiger partial charge in [0.25, 0.3) is 5.91 Å². The van der Waals surface area contributed by atoms with Gasteiger partial charge in [-0.05, 0) is 47.0 Å². The van der Waals surface area contributed by atoms with E-state index in [0.29, 0.717) is 5.56 Å². The van der Waals surface area contributed by atoms with Gasteiger partial charge < -0.3 is 0 Å². The van der Waals surface area contributed by atoms with Crippen LogP contribution < -0.4 is 4.72 Å². The molecule has 20 heavy (non-hydrogen) atoms. The molecule has 2 nitrogen and oxygen atoms in total. The minimum atomic E-state index is -0.0791. The Hall–Kier alpha value is -2.26. The first-order valence-electron chi connectivity index (χ1n) is 6.34. The number of hydrogen-bond donors (Lipinski definition) is 1. The summed E-state index contributed by atoms with van der Waals surface area (Å²) in [5, 5.41) is 2.21. The number of nitrogens with one attached hydrogen (secondary N) is 1. The zero-order valence-corrected chi connectivity index (χ0v) is 11.6. The highest BCUT2D eigenvalue weighted by molar-refractivity contribution is 7.98. The van der Waals surface area contributed by atoms with Gasteiger partial charge in [-0.1, -0.05) is 48.5 Å². The quantitative estimate of drug-likeness (QED) is 0.725. The Morgan fingerprint density at radius 2 is 1.50 bits per heavy atom. The molecule has 3 heteroatoms. The Bertz CT molecular complexity index is 740. The second kappa shape index (κ2) is 5.80. The highest BCUT2D eigenvalue weighted by atomic mass is 32.2. The van der Waals surface area contributed by atoms with Gasteiger partial charge in [0.2, 0.25) is 0 Å². The normalized spacial score (nSPS) is 10.4. The van der Waals surface area contributed by atoms with Crippen molar-refractivity contribution in [2.24, 2.45) is 0 Å². The van der Waals surface area contributed by atoms with Crippen LogP contribution in [0.1, 0.15) is 10.4 Å². The third-order valence-corrected chi connectivity index (χ3v) is 3.81. The predicted molar refractivity (Wildman–Crippen MR) is 83.7 cm³/mol. The van der Waals surface area contributed by atoms with Crippen LogP contribution in [0, 0.1) is 0 Å². The molecule has 3 rings (SSSR count). The molecule has 0 saturated heterocycles. The van der Waals surface area contributed by atoms with Gasteiger partial charge >= 0.3 is 0 Å². The first-order valence-corrected chi connectivity index (χ1v) is 7.15. The van der Waals surface area contributed by atoms with Gasteiger partial charge in [0.1, 0.15) is 0 Å². The monoisotopic (exact) mass is 279 g/mol. The summed E-state index contributed by atoms with van der Waals surface area (Å²) in [7, 11) is 0. The molecular formula is C17H13NOS. The van der Waals surface area contributed by atoms with Gasteiger partial charge in [0.15, 0.2) is 0 Å². The fraction of sp³-hybridized carbons (Fsp3) is 0. The average Bonchev–Trinajstić information content (AvgIpc) is 2.53. The first-order chi connectivity index (χ1) is 9.83. The smallest absolute Gasteiger partial charge is 0.261 e. The highest BCUT2D eigenvalue weighted by Gasteiger charge is 2.06. The molecule has 0 aromatic heterocycles. The van der Waals surface area contributed by atoms with Crippen LogP contribution in [0.25, 0.3) is 10.8 Å². The van der Waals surface area contributed by atoms with Crippen LogP contribution in [-0.2, 0) is 0 Å². The molecule has 1 amide bonds. The van der Waals surface area contributed by atoms with E-state index in [2.05, 4.69) is 4.72 Å². The van der Waals surface area contributed by atoms with Gasteiger partial charge in [-0.2, -0.15) is 0 Å². The largest absolute Gasteiger partial charge is 0.292 e. The second-order valence-electron chi connectivity index (χ2n) is 4.41. The van der Waals surface area contributed by atoms with Gasteiger partial charge in [-0.25, -0.2) is 0 Å². The summed E-state index contributed by atoms with van der Waals surface area (Å²) in [6, 6.07) is 23.5. The van der Waals surface area contributed by atoms with E-state index in [1.807, 2.05) is 72.8 Å². The molecule has 0 bridgehead atoms. The summed E-state index contributed by atoms with van der Waals surface area (Å²) in [4.78, 5) is 13.1. The molecule has 0 aliphatic carbocycles. The lowest BCUT2D eigenvalue weighted by atomic mass is 10.1. The number of carbonyl (C=O) groups excluding carboxylic acids is 1. The summed E-state index contributed by atoms with van der Waals surface area (Å²) < 4.78 is 2.86. The van der Waals surface area contributed by atoms with Gasteiger partial charge in [0.05, 0.1) is 0 Å². The predicted octanol–water partition coefficient (Wildman–Crippen LogP) is 4.28. The first kappa shape index (κ1) is 12.8. The van der Waals surface area contributed by atoms with Gasteiger partial charge in [0, 0.05) is 10.5 Å². The number of benzene rings is 3. The average molecular weight is 279 g/mol. The number of rotatable bonds is 3. The van der Waals surface area contributed by atoms with Crippen molar-refractivity contribution in [3.05, 3.63) is 78.4 Å². The third-order valence-electron chi connectivity index (χ3n) is 3.02. The van der Waals surface area contributed by atoms with Crippen LogP contribution >= 0.6 is 11.9 Å². The SMILES string of the molecule is O=C(NSc1ccccc1)c1ccc2ccccc2c1. The van der Waals surface area contributed by atoms with Crippen molar-refractivity contribution in [2.75, 3.05) is 0 Å². The van der Waals surface area contributed by atoms with E-state index in [-0.39, 0.29) is 5.91 Å². The molecule has 0 aliphatic heterocycles. The van der Waals surface area contributed by atoms with Crippen LogP contribution in [0.2, 0.25) is 0 Å². The standard InChI is InChI=1S/C17H13NOS/c19-17(18-20-16-8-2-1-3-9-16)15-11-10-13-6-4-5-7-14(13)12-15/h1-12H,(H,18,19). The van der Waals surface area contributed by atoms with E-state index in [1.165, 1.54) is 11.9 Å². The number of fused-ring (bicyclic) bond motifs is 1. The second-order valence-corrected chi connectivity index (χ2v) is 5.29. The maximum absolute atomic E-state index is 12.1. The van der Waals surface area contributed by atoms with Crippen molar-refractivity contribution in [1.29, 1.82) is 0 Å². The number of carbonyl (C=O) groups is 1. The zero-order chi connectivity index (χ0) is 13.8. The summed E-state index contributed by atoms with van der Waals surface area (Å²) in [5.74, 6) is -0.0791. The van der Waals surface area contributed by atoms with Crippen LogP contribution in [0.4, 0.5) is 0 Å². The molecule has 3 aromatic rings. The molecule has 3 aromatic carbocycles. The van der Waals surface area contributed by atoms with Gasteiger partial charge in [-0.3, -0.25) is 9.52 Å². The van der Waals surface area contributed by atoms with E-state index in [9.17, 15) is 4.79 Å². The summed E-state index contributed by atoms with van der Waals surface area (Å²) in [5.41, 5.74) is 0.673. The maximum atomic E-state index is 12.1. The van der Waals surface area contributed by atoms with Crippen molar-refractivity contribution >= 4 is 28.6 Å². The summed E-state index contributed by atoms with van der Waals surface area (Å²) in [6.07, 6.45) is 0. The molecular weight excluding hydrogens is 266 g/mol. The maximum Gasteiger partial charge on any atom is 0.261 e. The van der Waals surface area contributed by atoms with Crippen LogP contribution in [0.3, 0.4) is 0 Å². The van der Waals surface area contributed by atoms with Crippen molar-refractivity contribution < 1.29 is 4.79 Å². The fourth-order valence-corrected chi connectivity index (χ4v) is 2.60. The fourth-order valence-electron chi connectivity index (χ4n) is 1.98. The highest BCUT2D eigenvalue weighted by Crippen LogP contribution is 2.18. The van der Waals surface area contributed by atoms with E-state index in [4.69, 9.17) is 0 Å². The Labute approximate surface area is 122 Å². The molecule has 0 fully saturated rings. The minimum Gasteiger partial charge on any atom is -0.292 e. The topological polar surface area (TPSA) is 29.1 Å². The van der Waals surface area contributed by atoms with E-state index in [1.54, 1.807) is 0 Å². The minimum absolute atomic E-state index is 0.0791. The van der Waals surface area contributed by atoms with Crippen LogP contribution in [0.15, 0.2) is 77.7 Å². The lowest BCUT2D eigenvalue weighted by molar-refractivity contribution is 0.0984. The van der Waals surface area contributed by atoms with Crippen molar-refractivity contribution in [2.45, 2.75) is 4.90 Å². The van der Waals surface area contributed by atoms with Gasteiger partial charge in [-0.15, -0.1) is 0 Å². The molecule has 98 valence electrons. The molecule has 1 N–H and O–H groups in total. The Morgan fingerprint density at radius 3 is 2.30 bits per heavy atom. The van der Waals surface area contributed by atoms with Crippen molar-refractivity contribution in [3.63, 3.8) is 0 Å². The van der Waals surface area contributed by atoms with Crippen LogP contribution in [0.5, 0.6) is 0 Å². The lowest BCUT2D eigenvalue weighted by Crippen LogP contribution is -2.15. The molecule has 0 spiro atoms. The molecule has 0 unspecified atom stereocenters. The summed E-state index contributed by atoms with van der Waals surface area (Å²) in [6.45, 7) is 0. The molecule has 0 heterocycles. The van der Waals surface area contributed by atoms with E-state index >= 15 is 0 Å².